The third kappa shape index (κ3) is 4.13. The topological polar surface area (TPSA) is 78.9 Å². The molecule has 0 saturated carbocycles. The first kappa shape index (κ1) is 16.6. The molecule has 1 aliphatic heterocycles. The van der Waals surface area contributed by atoms with Gasteiger partial charge in [0.05, 0.1) is 10.4 Å². The zero-order valence-corrected chi connectivity index (χ0v) is 14.3. The van der Waals surface area contributed by atoms with Crippen LogP contribution in [-0.2, 0) is 9.53 Å². The smallest absolute Gasteiger partial charge is 0.410 e. The summed E-state index contributed by atoms with van der Waals surface area (Å²) >= 11 is 3.18. The molecular formula is C15H19BrN2O4. The van der Waals surface area contributed by atoms with Gasteiger partial charge in [0.1, 0.15) is 11.4 Å². The lowest BCUT2D eigenvalue weighted by Gasteiger charge is -2.38. The van der Waals surface area contributed by atoms with Crippen LogP contribution in [0, 0.1) is 5.92 Å². The number of rotatable bonds is 2. The molecule has 120 valence electrons. The van der Waals surface area contributed by atoms with Crippen LogP contribution in [0.5, 0.6) is 5.75 Å². The summed E-state index contributed by atoms with van der Waals surface area (Å²) in [4.78, 5) is 25.3. The van der Waals surface area contributed by atoms with E-state index in [2.05, 4.69) is 21.2 Å². The lowest BCUT2D eigenvalue weighted by molar-refractivity contribution is -0.124. The molecule has 1 fully saturated rings. The Morgan fingerprint density at radius 2 is 2.00 bits per heavy atom. The second kappa shape index (κ2) is 6.16. The summed E-state index contributed by atoms with van der Waals surface area (Å²) in [5.41, 5.74) is -0.0271. The summed E-state index contributed by atoms with van der Waals surface area (Å²) in [6.45, 7) is 6.07. The molecule has 0 radical (unpaired) electrons. The highest BCUT2D eigenvalue weighted by molar-refractivity contribution is 9.10. The standard InChI is InChI=1S/C15H19BrN2O4/c1-15(2,3)22-14(21)18-7-9(8-18)13(20)17-10-4-5-11(16)12(19)6-10/h4-6,9,19H,7-8H2,1-3H3,(H,17,20). The predicted octanol–water partition coefficient (Wildman–Crippen LogP) is 2.96. The molecule has 0 aliphatic carbocycles. The highest BCUT2D eigenvalue weighted by atomic mass is 79.9. The molecule has 7 heteroatoms. The number of aromatic hydroxyl groups is 1. The monoisotopic (exact) mass is 370 g/mol. The summed E-state index contributed by atoms with van der Waals surface area (Å²) in [6.07, 6.45) is -0.405. The molecule has 22 heavy (non-hydrogen) atoms. The van der Waals surface area contributed by atoms with E-state index in [0.29, 0.717) is 23.2 Å². The van der Waals surface area contributed by atoms with Crippen molar-refractivity contribution in [3.8, 4) is 5.75 Å². The van der Waals surface area contributed by atoms with Gasteiger partial charge in [-0.2, -0.15) is 0 Å². The van der Waals surface area contributed by atoms with Crippen molar-refractivity contribution in [3.63, 3.8) is 0 Å². The van der Waals surface area contributed by atoms with Crippen LogP contribution >= 0.6 is 15.9 Å². The summed E-state index contributed by atoms with van der Waals surface area (Å²) < 4.78 is 5.79. The van der Waals surface area contributed by atoms with Crippen molar-refractivity contribution in [2.75, 3.05) is 18.4 Å². The van der Waals surface area contributed by atoms with E-state index in [9.17, 15) is 14.7 Å². The number of hydrogen-bond acceptors (Lipinski definition) is 4. The average Bonchev–Trinajstić information content (AvgIpc) is 2.29. The minimum Gasteiger partial charge on any atom is -0.507 e. The van der Waals surface area contributed by atoms with E-state index in [1.54, 1.807) is 32.9 Å². The Balaban J connectivity index is 1.84. The van der Waals surface area contributed by atoms with Gasteiger partial charge < -0.3 is 20.1 Å². The van der Waals surface area contributed by atoms with Gasteiger partial charge in [0.25, 0.3) is 0 Å². The number of carbonyl (C=O) groups is 2. The van der Waals surface area contributed by atoms with Gasteiger partial charge >= 0.3 is 6.09 Å². The molecule has 6 nitrogen and oxygen atoms in total. The summed E-state index contributed by atoms with van der Waals surface area (Å²) in [7, 11) is 0. The number of nitrogens with zero attached hydrogens (tertiary/aromatic N) is 1. The SMILES string of the molecule is CC(C)(C)OC(=O)N1CC(C(=O)Nc2ccc(Br)c(O)c2)C1. The van der Waals surface area contributed by atoms with Crippen molar-refractivity contribution in [2.24, 2.45) is 5.92 Å². The first-order valence-corrected chi connectivity index (χ1v) is 7.72. The van der Waals surface area contributed by atoms with Gasteiger partial charge in [-0.05, 0) is 48.8 Å². The second-order valence-electron chi connectivity index (χ2n) is 6.24. The molecule has 2 amide bonds. The van der Waals surface area contributed by atoms with Gasteiger partial charge in [0.2, 0.25) is 5.91 Å². The van der Waals surface area contributed by atoms with Gasteiger partial charge in [-0.1, -0.05) is 0 Å². The Morgan fingerprint density at radius 3 is 2.55 bits per heavy atom. The minimum atomic E-state index is -0.542. The van der Waals surface area contributed by atoms with E-state index in [0.717, 1.165) is 0 Å². The molecule has 0 spiro atoms. The number of phenols is 1. The molecule has 1 saturated heterocycles. The maximum atomic E-state index is 12.1. The molecule has 1 heterocycles. The average molecular weight is 371 g/mol. The number of carbonyl (C=O) groups excluding carboxylic acids is 2. The number of halogens is 1. The second-order valence-corrected chi connectivity index (χ2v) is 7.09. The molecule has 0 aromatic heterocycles. The Bertz CT molecular complexity index is 592. The first-order chi connectivity index (χ1) is 10.2. The number of nitrogens with one attached hydrogen (secondary N) is 1. The Labute approximate surface area is 137 Å². The van der Waals surface area contributed by atoms with Crippen LogP contribution in [0.1, 0.15) is 20.8 Å². The fraction of sp³-hybridized carbons (Fsp3) is 0.467. The zero-order valence-electron chi connectivity index (χ0n) is 12.7. The van der Waals surface area contributed by atoms with Crippen LogP contribution in [0.25, 0.3) is 0 Å². The van der Waals surface area contributed by atoms with Crippen molar-refractivity contribution < 1.29 is 19.4 Å². The predicted molar refractivity (Wildman–Crippen MR) is 85.7 cm³/mol. The largest absolute Gasteiger partial charge is 0.507 e. The molecule has 1 aromatic carbocycles. The maximum Gasteiger partial charge on any atom is 0.410 e. The van der Waals surface area contributed by atoms with Crippen molar-refractivity contribution in [3.05, 3.63) is 22.7 Å². The minimum absolute atomic E-state index is 0.0572. The van der Waals surface area contributed by atoms with Gasteiger partial charge in [0, 0.05) is 24.8 Å². The quantitative estimate of drug-likeness (QED) is 0.838. The number of amides is 2. The fourth-order valence-corrected chi connectivity index (χ4v) is 2.20. The number of benzene rings is 1. The zero-order chi connectivity index (χ0) is 16.5. The number of ether oxygens (including phenoxy) is 1. The number of likely N-dealkylation sites (tertiary alicyclic amines) is 1. The Kier molecular flexibility index (Phi) is 4.65. The van der Waals surface area contributed by atoms with E-state index in [-0.39, 0.29) is 17.6 Å². The number of hydrogen-bond donors (Lipinski definition) is 2. The van der Waals surface area contributed by atoms with Crippen LogP contribution in [0.3, 0.4) is 0 Å². The van der Waals surface area contributed by atoms with E-state index in [4.69, 9.17) is 4.74 Å². The van der Waals surface area contributed by atoms with E-state index >= 15 is 0 Å². The lowest BCUT2D eigenvalue weighted by Crippen LogP contribution is -2.55. The lowest BCUT2D eigenvalue weighted by atomic mass is 10.00. The molecular weight excluding hydrogens is 352 g/mol. The Hall–Kier alpha value is -1.76. The number of anilines is 1. The maximum absolute atomic E-state index is 12.1. The van der Waals surface area contributed by atoms with Crippen LogP contribution in [0.4, 0.5) is 10.5 Å². The van der Waals surface area contributed by atoms with Gasteiger partial charge in [-0.25, -0.2) is 4.79 Å². The van der Waals surface area contributed by atoms with Gasteiger partial charge in [-0.3, -0.25) is 4.79 Å². The van der Waals surface area contributed by atoms with Crippen LogP contribution in [0.2, 0.25) is 0 Å². The molecule has 2 rings (SSSR count). The molecule has 2 N–H and O–H groups in total. The molecule has 1 aliphatic rings. The first-order valence-electron chi connectivity index (χ1n) is 6.93. The van der Waals surface area contributed by atoms with E-state index < -0.39 is 11.7 Å². The van der Waals surface area contributed by atoms with Crippen molar-refractivity contribution in [1.82, 2.24) is 4.90 Å². The molecule has 0 bridgehead atoms. The van der Waals surface area contributed by atoms with Gasteiger partial charge in [-0.15, -0.1) is 0 Å². The highest BCUT2D eigenvalue weighted by Crippen LogP contribution is 2.27. The van der Waals surface area contributed by atoms with Crippen molar-refractivity contribution in [1.29, 1.82) is 0 Å². The van der Waals surface area contributed by atoms with Crippen LogP contribution < -0.4 is 5.32 Å². The number of phenolic OH excluding ortho intramolecular Hbond substituents is 1. The molecule has 0 unspecified atom stereocenters. The van der Waals surface area contributed by atoms with Crippen LogP contribution in [0.15, 0.2) is 22.7 Å². The van der Waals surface area contributed by atoms with E-state index in [1.165, 1.54) is 11.0 Å². The highest BCUT2D eigenvalue weighted by Gasteiger charge is 2.37. The Morgan fingerprint density at radius 1 is 1.36 bits per heavy atom. The van der Waals surface area contributed by atoms with E-state index in [1.807, 2.05) is 0 Å². The molecule has 1 aromatic rings. The van der Waals surface area contributed by atoms with Crippen molar-refractivity contribution >= 4 is 33.6 Å². The van der Waals surface area contributed by atoms with Crippen molar-refractivity contribution in [2.45, 2.75) is 26.4 Å². The summed E-state index contributed by atoms with van der Waals surface area (Å²) in [5.74, 6) is -0.387. The van der Waals surface area contributed by atoms with Crippen LogP contribution in [-0.4, -0.2) is 40.7 Å². The normalized spacial score (nSPS) is 15.2. The summed E-state index contributed by atoms with van der Waals surface area (Å²) in [6, 6.07) is 4.80. The third-order valence-electron chi connectivity index (χ3n) is 3.12. The molecule has 0 atom stereocenters. The third-order valence-corrected chi connectivity index (χ3v) is 3.79. The summed E-state index contributed by atoms with van der Waals surface area (Å²) in [5, 5.41) is 12.3. The van der Waals surface area contributed by atoms with Gasteiger partial charge in [0.15, 0.2) is 0 Å². The fourth-order valence-electron chi connectivity index (χ4n) is 1.95.